The van der Waals surface area contributed by atoms with E-state index in [4.69, 9.17) is 16.9 Å². The van der Waals surface area contributed by atoms with Crippen LogP contribution in [0.4, 0.5) is 5.69 Å². The summed E-state index contributed by atoms with van der Waals surface area (Å²) >= 11 is 10.2. The van der Waals surface area contributed by atoms with Crippen molar-refractivity contribution >= 4 is 54.6 Å². The highest BCUT2D eigenvalue weighted by molar-refractivity contribution is 9.11. The number of benzene rings is 1. The number of thiophene rings is 1. The molecule has 0 radical (unpaired) electrons. The van der Waals surface area contributed by atoms with E-state index < -0.39 is 10.0 Å². The molecule has 0 aliphatic heterocycles. The largest absolute Gasteiger partial charge is 0.277 e. The first-order chi connectivity index (χ1) is 8.92. The molecule has 1 N–H and O–H groups in total. The second kappa shape index (κ2) is 5.51. The normalized spacial score (nSPS) is 11.0. The number of nitrogens with zero attached hydrogens (tertiary/aromatic N) is 1. The number of hydrogen-bond donors (Lipinski definition) is 1. The molecule has 0 atom stereocenters. The van der Waals surface area contributed by atoms with Crippen molar-refractivity contribution < 1.29 is 8.42 Å². The van der Waals surface area contributed by atoms with Gasteiger partial charge in [-0.1, -0.05) is 11.6 Å². The summed E-state index contributed by atoms with van der Waals surface area (Å²) in [5.41, 5.74) is 0.514. The maximum Gasteiger partial charge on any atom is 0.271 e. The van der Waals surface area contributed by atoms with Crippen molar-refractivity contribution in [2.24, 2.45) is 0 Å². The Labute approximate surface area is 127 Å². The van der Waals surface area contributed by atoms with Crippen LogP contribution >= 0.6 is 38.9 Å². The molecule has 8 heteroatoms. The molecule has 0 aliphatic carbocycles. The summed E-state index contributed by atoms with van der Waals surface area (Å²) in [6.45, 7) is 0. The third-order valence-corrected chi connectivity index (χ3v) is 5.96. The van der Waals surface area contributed by atoms with Gasteiger partial charge >= 0.3 is 0 Å². The Morgan fingerprint density at radius 3 is 2.63 bits per heavy atom. The van der Waals surface area contributed by atoms with Crippen molar-refractivity contribution in [3.05, 3.63) is 44.7 Å². The Hall–Kier alpha value is -1.07. The van der Waals surface area contributed by atoms with E-state index >= 15 is 0 Å². The zero-order valence-electron chi connectivity index (χ0n) is 9.22. The lowest BCUT2D eigenvalue weighted by molar-refractivity contribution is 0.603. The van der Waals surface area contributed by atoms with Gasteiger partial charge in [0.1, 0.15) is 4.21 Å². The number of nitrogens with one attached hydrogen (secondary N) is 1. The van der Waals surface area contributed by atoms with E-state index in [1.54, 1.807) is 6.07 Å². The van der Waals surface area contributed by atoms with Gasteiger partial charge < -0.3 is 0 Å². The van der Waals surface area contributed by atoms with Crippen LogP contribution in [0.5, 0.6) is 0 Å². The summed E-state index contributed by atoms with van der Waals surface area (Å²) in [7, 11) is -3.70. The van der Waals surface area contributed by atoms with Crippen LogP contribution in [0.3, 0.4) is 0 Å². The van der Waals surface area contributed by atoms with Gasteiger partial charge in [0.2, 0.25) is 0 Å². The fourth-order valence-corrected chi connectivity index (χ4v) is 4.61. The molecular weight excluding hydrogens is 372 g/mol. The van der Waals surface area contributed by atoms with Crippen LogP contribution in [0.1, 0.15) is 5.56 Å². The quantitative estimate of drug-likeness (QED) is 0.883. The van der Waals surface area contributed by atoms with E-state index in [9.17, 15) is 8.42 Å². The number of rotatable bonds is 3. The number of nitriles is 1. The number of halogens is 2. The molecule has 0 spiro atoms. The van der Waals surface area contributed by atoms with Crippen molar-refractivity contribution in [1.29, 1.82) is 5.26 Å². The minimum atomic E-state index is -3.70. The van der Waals surface area contributed by atoms with Crippen LogP contribution in [-0.4, -0.2) is 8.42 Å². The molecule has 4 nitrogen and oxygen atoms in total. The van der Waals surface area contributed by atoms with Crippen LogP contribution in [0.2, 0.25) is 5.02 Å². The molecule has 0 amide bonds. The van der Waals surface area contributed by atoms with E-state index in [0.717, 1.165) is 11.3 Å². The maximum atomic E-state index is 12.1. The average molecular weight is 378 g/mol. The molecule has 1 aromatic carbocycles. The van der Waals surface area contributed by atoms with E-state index in [2.05, 4.69) is 20.7 Å². The molecule has 2 aromatic rings. The van der Waals surface area contributed by atoms with Crippen molar-refractivity contribution in [1.82, 2.24) is 0 Å². The maximum absolute atomic E-state index is 12.1. The van der Waals surface area contributed by atoms with Gasteiger partial charge in [0, 0.05) is 0 Å². The predicted octanol–water partition coefficient (Wildman–Crippen LogP) is 3.84. The van der Waals surface area contributed by atoms with Gasteiger partial charge in [0.15, 0.2) is 0 Å². The Bertz CT molecular complexity index is 765. The summed E-state index contributed by atoms with van der Waals surface area (Å²) in [5.74, 6) is 0. The summed E-state index contributed by atoms with van der Waals surface area (Å²) in [5, 5.41) is 9.03. The van der Waals surface area contributed by atoms with Gasteiger partial charge in [-0.25, -0.2) is 8.42 Å². The first-order valence-electron chi connectivity index (χ1n) is 4.90. The lowest BCUT2D eigenvalue weighted by atomic mass is 10.2. The van der Waals surface area contributed by atoms with Gasteiger partial charge in [-0.2, -0.15) is 5.26 Å². The fraction of sp³-hybridized carbons (Fsp3) is 0. The minimum absolute atomic E-state index is 0.165. The minimum Gasteiger partial charge on any atom is -0.277 e. The number of anilines is 1. The Balaban J connectivity index is 2.38. The van der Waals surface area contributed by atoms with Crippen LogP contribution in [0.25, 0.3) is 0 Å². The second-order valence-electron chi connectivity index (χ2n) is 3.47. The van der Waals surface area contributed by atoms with Gasteiger partial charge in [0.05, 0.1) is 26.1 Å². The highest BCUT2D eigenvalue weighted by atomic mass is 79.9. The van der Waals surface area contributed by atoms with Crippen LogP contribution < -0.4 is 4.72 Å². The zero-order chi connectivity index (χ0) is 14.0. The van der Waals surface area contributed by atoms with E-state index in [1.165, 1.54) is 24.3 Å². The summed E-state index contributed by atoms with van der Waals surface area (Å²) in [6, 6.07) is 9.44. The second-order valence-corrected chi connectivity index (χ2v) is 8.25. The molecular formula is C11H6BrClN2O2S2. The van der Waals surface area contributed by atoms with Crippen molar-refractivity contribution in [3.63, 3.8) is 0 Å². The van der Waals surface area contributed by atoms with Crippen molar-refractivity contribution in [3.8, 4) is 6.07 Å². The van der Waals surface area contributed by atoms with E-state index in [0.29, 0.717) is 9.35 Å². The average Bonchev–Trinajstić information content (AvgIpc) is 2.79. The van der Waals surface area contributed by atoms with Crippen LogP contribution in [0.15, 0.2) is 38.3 Å². The Morgan fingerprint density at radius 2 is 2.05 bits per heavy atom. The summed E-state index contributed by atoms with van der Waals surface area (Å²) in [4.78, 5) is 0. The SMILES string of the molecule is N#Cc1ccc(Cl)c(NS(=O)(=O)c2ccc(Br)s2)c1. The molecule has 0 unspecified atom stereocenters. The molecule has 0 bridgehead atoms. The van der Waals surface area contributed by atoms with E-state index in [1.807, 2.05) is 6.07 Å². The highest BCUT2D eigenvalue weighted by Crippen LogP contribution is 2.30. The lowest BCUT2D eigenvalue weighted by Crippen LogP contribution is -2.11. The molecule has 0 saturated carbocycles. The third kappa shape index (κ3) is 3.28. The van der Waals surface area contributed by atoms with Gasteiger partial charge in [-0.15, -0.1) is 11.3 Å². The lowest BCUT2D eigenvalue weighted by Gasteiger charge is -2.08. The first kappa shape index (κ1) is 14.3. The zero-order valence-corrected chi connectivity index (χ0v) is 13.2. The third-order valence-electron chi connectivity index (χ3n) is 2.15. The number of sulfonamides is 1. The first-order valence-corrected chi connectivity index (χ1v) is 8.37. The predicted molar refractivity (Wildman–Crippen MR) is 79.0 cm³/mol. The van der Waals surface area contributed by atoms with Crippen molar-refractivity contribution in [2.75, 3.05) is 4.72 Å². The monoisotopic (exact) mass is 376 g/mol. The highest BCUT2D eigenvalue weighted by Gasteiger charge is 2.18. The van der Waals surface area contributed by atoms with Gasteiger partial charge in [0.25, 0.3) is 10.0 Å². The molecule has 0 saturated heterocycles. The van der Waals surface area contributed by atoms with Crippen molar-refractivity contribution in [2.45, 2.75) is 4.21 Å². The molecule has 0 fully saturated rings. The summed E-state index contributed by atoms with van der Waals surface area (Å²) < 4.78 is 27.5. The topological polar surface area (TPSA) is 70.0 Å². The van der Waals surface area contributed by atoms with Crippen LogP contribution in [0, 0.1) is 11.3 Å². The Morgan fingerprint density at radius 1 is 1.32 bits per heavy atom. The van der Waals surface area contributed by atoms with Gasteiger partial charge in [-0.3, -0.25) is 4.72 Å². The molecule has 0 aliphatic rings. The fourth-order valence-electron chi connectivity index (χ4n) is 1.31. The van der Waals surface area contributed by atoms with Crippen LogP contribution in [-0.2, 0) is 10.0 Å². The molecule has 98 valence electrons. The Kier molecular flexibility index (Phi) is 4.16. The molecule has 1 aromatic heterocycles. The smallest absolute Gasteiger partial charge is 0.271 e. The number of hydrogen-bond acceptors (Lipinski definition) is 4. The van der Waals surface area contributed by atoms with Gasteiger partial charge in [-0.05, 0) is 46.3 Å². The summed E-state index contributed by atoms with van der Waals surface area (Å²) in [6.07, 6.45) is 0. The molecule has 19 heavy (non-hydrogen) atoms. The molecule has 2 rings (SSSR count). The molecule has 1 heterocycles. The van der Waals surface area contributed by atoms with E-state index in [-0.39, 0.29) is 14.9 Å². The standard InChI is InChI=1S/C11H6BrClN2O2S2/c12-10-3-4-11(18-10)19(16,17)15-9-5-7(6-14)1-2-8(9)13/h1-5,15H.